The van der Waals surface area contributed by atoms with Gasteiger partial charge in [-0.05, 0) is 0 Å². The summed E-state index contributed by atoms with van der Waals surface area (Å²) in [4.78, 5) is 10.9. The molecule has 2 N–H and O–H groups in total. The summed E-state index contributed by atoms with van der Waals surface area (Å²) in [5.74, 6) is 0. The largest absolute Gasteiger partial charge is 0.337 e. The number of nitrogens with zero attached hydrogens (tertiary/aromatic N) is 1. The molecule has 0 unspecified atom stereocenters. The molecule has 0 spiro atoms. The van der Waals surface area contributed by atoms with Crippen molar-refractivity contribution in [2.45, 2.75) is 31.3 Å². The normalized spacial score (nSPS) is 21.5. The van der Waals surface area contributed by atoms with E-state index in [1.165, 1.54) is 0 Å². The summed E-state index contributed by atoms with van der Waals surface area (Å²) < 4.78 is 0. The van der Waals surface area contributed by atoms with Gasteiger partial charge in [0.15, 0.2) is 0 Å². The number of nitro groups is 1. The summed E-state index contributed by atoms with van der Waals surface area (Å²) in [6.07, 6.45) is 6.17. The fourth-order valence-electron chi connectivity index (χ4n) is 2.86. The van der Waals surface area contributed by atoms with Crippen molar-refractivity contribution in [1.29, 1.82) is 0 Å². The Morgan fingerprint density at radius 3 is 2.74 bits per heavy atom. The van der Waals surface area contributed by atoms with Crippen molar-refractivity contribution in [3.63, 3.8) is 0 Å². The number of benzene rings is 1. The van der Waals surface area contributed by atoms with E-state index in [9.17, 15) is 10.1 Å². The smallest absolute Gasteiger partial charge is 0.273 e. The van der Waals surface area contributed by atoms with Crippen molar-refractivity contribution in [1.82, 2.24) is 0 Å². The van der Waals surface area contributed by atoms with Gasteiger partial charge in [0.2, 0.25) is 0 Å². The van der Waals surface area contributed by atoms with Gasteiger partial charge in [0.05, 0.1) is 11.0 Å². The highest BCUT2D eigenvalue weighted by Gasteiger charge is 2.33. The Bertz CT molecular complexity index is 511. The Hall–Kier alpha value is -1.94. The maximum absolute atomic E-state index is 11.2. The molecule has 0 bridgehead atoms. The van der Waals surface area contributed by atoms with E-state index >= 15 is 0 Å². The molecule has 4 nitrogen and oxygen atoms in total. The average molecular weight is 259 g/mol. The number of hydrogen-bond donors (Lipinski definition) is 1. The van der Waals surface area contributed by atoms with Crippen molar-refractivity contribution in [3.05, 3.63) is 64.8 Å². The van der Waals surface area contributed by atoms with Crippen LogP contribution in [0.5, 0.6) is 0 Å². The van der Waals surface area contributed by atoms with Crippen molar-refractivity contribution >= 4 is 5.69 Å². The molecule has 0 fully saturated rings. The summed E-state index contributed by atoms with van der Waals surface area (Å²) in [5, 5.41) is 13.4. The Morgan fingerprint density at radius 1 is 1.37 bits per heavy atom. The second kappa shape index (κ2) is 5.80. The third-order valence-electron chi connectivity index (χ3n) is 3.64. The molecule has 2 rings (SSSR count). The Balaban J connectivity index is 2.44. The lowest BCUT2D eigenvalue weighted by atomic mass is 9.86. The molecule has 1 aliphatic rings. The van der Waals surface area contributed by atoms with Gasteiger partial charge in [-0.25, -0.2) is 0 Å². The molecule has 100 valence electrons. The second-order valence-electron chi connectivity index (χ2n) is 4.91. The van der Waals surface area contributed by atoms with Crippen LogP contribution < -0.4 is 5.32 Å². The van der Waals surface area contributed by atoms with Gasteiger partial charge in [-0.2, -0.15) is 0 Å². The molecule has 4 heteroatoms. The van der Waals surface area contributed by atoms with E-state index in [1.54, 1.807) is 12.1 Å². The van der Waals surface area contributed by atoms with Crippen molar-refractivity contribution in [2.75, 3.05) is 0 Å². The van der Waals surface area contributed by atoms with E-state index in [4.69, 9.17) is 0 Å². The molecule has 0 saturated heterocycles. The number of nitro benzene ring substituents is 1. The lowest BCUT2D eigenvalue weighted by Crippen LogP contribution is -2.92. The third kappa shape index (κ3) is 2.74. The lowest BCUT2D eigenvalue weighted by Gasteiger charge is -2.28. The van der Waals surface area contributed by atoms with Gasteiger partial charge in [0, 0.05) is 36.5 Å². The first-order valence-electron chi connectivity index (χ1n) is 6.50. The van der Waals surface area contributed by atoms with Gasteiger partial charge in [-0.15, -0.1) is 13.2 Å². The molecular formula is C15H19N2O2+. The summed E-state index contributed by atoms with van der Waals surface area (Å²) in [5.41, 5.74) is 2.21. The number of quaternary nitrogens is 1. The van der Waals surface area contributed by atoms with Gasteiger partial charge >= 0.3 is 0 Å². The van der Waals surface area contributed by atoms with Crippen LogP contribution in [-0.4, -0.2) is 11.0 Å². The predicted octanol–water partition coefficient (Wildman–Crippen LogP) is 2.28. The first-order valence-corrected chi connectivity index (χ1v) is 6.50. The van der Waals surface area contributed by atoms with Crippen LogP contribution in [0, 0.1) is 10.1 Å². The van der Waals surface area contributed by atoms with E-state index in [0.717, 1.165) is 30.4 Å². The number of nitrogens with two attached hydrogens (primary N) is 1. The zero-order valence-electron chi connectivity index (χ0n) is 10.9. The van der Waals surface area contributed by atoms with Crippen LogP contribution in [0.4, 0.5) is 5.69 Å². The Morgan fingerprint density at radius 2 is 2.11 bits per heavy atom. The van der Waals surface area contributed by atoms with E-state index < -0.39 is 0 Å². The summed E-state index contributed by atoms with van der Waals surface area (Å²) in [6.45, 7) is 7.55. The molecule has 0 saturated carbocycles. The van der Waals surface area contributed by atoms with Crippen molar-refractivity contribution < 1.29 is 10.2 Å². The van der Waals surface area contributed by atoms with Gasteiger partial charge in [-0.1, -0.05) is 24.3 Å². The summed E-state index contributed by atoms with van der Waals surface area (Å²) >= 11 is 0. The second-order valence-corrected chi connectivity index (χ2v) is 4.91. The highest BCUT2D eigenvalue weighted by Crippen LogP contribution is 2.31. The molecule has 1 heterocycles. The van der Waals surface area contributed by atoms with E-state index in [1.807, 2.05) is 18.2 Å². The minimum atomic E-state index is -0.278. The standard InChI is InChI=1S/C15H18N2O2/c1-3-6-11-10-13-12(14(16-11)7-4-2)8-5-9-15(13)17(18)19/h3-5,8-9,11,14,16H,1-2,6-7,10H2/p+1/t11-,14-/m1/s1. The third-order valence-corrected chi connectivity index (χ3v) is 3.64. The molecule has 0 amide bonds. The first kappa shape index (κ1) is 13.5. The average Bonchev–Trinajstić information content (AvgIpc) is 2.38. The van der Waals surface area contributed by atoms with Gasteiger partial charge < -0.3 is 5.32 Å². The van der Waals surface area contributed by atoms with Crippen LogP contribution in [0.2, 0.25) is 0 Å². The highest BCUT2D eigenvalue weighted by atomic mass is 16.6. The highest BCUT2D eigenvalue weighted by molar-refractivity contribution is 5.47. The van der Waals surface area contributed by atoms with E-state index in [-0.39, 0.29) is 16.7 Å². The molecule has 19 heavy (non-hydrogen) atoms. The minimum Gasteiger partial charge on any atom is -0.337 e. The predicted molar refractivity (Wildman–Crippen MR) is 74.9 cm³/mol. The van der Waals surface area contributed by atoms with Crippen LogP contribution in [0.1, 0.15) is 30.0 Å². The molecule has 1 aliphatic heterocycles. The maximum atomic E-state index is 11.2. The van der Waals surface area contributed by atoms with Gasteiger partial charge in [-0.3, -0.25) is 10.1 Å². The molecule has 0 aliphatic carbocycles. The topological polar surface area (TPSA) is 59.8 Å². The van der Waals surface area contributed by atoms with Crippen LogP contribution >= 0.6 is 0 Å². The molecule has 0 aromatic heterocycles. The van der Waals surface area contributed by atoms with E-state index in [0.29, 0.717) is 6.04 Å². The molecule has 0 radical (unpaired) electrons. The molecular weight excluding hydrogens is 240 g/mol. The minimum absolute atomic E-state index is 0.228. The van der Waals surface area contributed by atoms with Crippen LogP contribution in [0.3, 0.4) is 0 Å². The molecule has 2 atom stereocenters. The van der Waals surface area contributed by atoms with Crippen LogP contribution in [-0.2, 0) is 6.42 Å². The fourth-order valence-corrected chi connectivity index (χ4v) is 2.86. The van der Waals surface area contributed by atoms with Gasteiger partial charge in [0.25, 0.3) is 5.69 Å². The zero-order chi connectivity index (χ0) is 13.8. The van der Waals surface area contributed by atoms with Crippen LogP contribution in [0.15, 0.2) is 43.5 Å². The Labute approximate surface area is 113 Å². The number of fused-ring (bicyclic) bond motifs is 1. The monoisotopic (exact) mass is 259 g/mol. The summed E-state index contributed by atoms with van der Waals surface area (Å²) in [7, 11) is 0. The zero-order valence-corrected chi connectivity index (χ0v) is 10.9. The summed E-state index contributed by atoms with van der Waals surface area (Å²) in [6, 6.07) is 5.92. The molecule has 1 aromatic carbocycles. The van der Waals surface area contributed by atoms with Crippen molar-refractivity contribution in [2.24, 2.45) is 0 Å². The molecule has 1 aromatic rings. The van der Waals surface area contributed by atoms with Crippen LogP contribution in [0.25, 0.3) is 0 Å². The fraction of sp³-hybridized carbons (Fsp3) is 0.333. The van der Waals surface area contributed by atoms with Gasteiger partial charge in [0.1, 0.15) is 6.04 Å². The SMILES string of the molecule is C=CC[C@@H]1Cc2c(cccc2[N+](=O)[O-])[C@@H](CC=C)[NH2+]1. The lowest BCUT2D eigenvalue weighted by molar-refractivity contribution is -0.730. The van der Waals surface area contributed by atoms with Crippen molar-refractivity contribution in [3.8, 4) is 0 Å². The first-order chi connectivity index (χ1) is 9.17. The number of hydrogen-bond acceptors (Lipinski definition) is 2. The van der Waals surface area contributed by atoms with E-state index in [2.05, 4.69) is 18.5 Å². The number of rotatable bonds is 5. The maximum Gasteiger partial charge on any atom is 0.273 e. The quantitative estimate of drug-likeness (QED) is 0.501. The Kier molecular flexibility index (Phi) is 4.12.